The van der Waals surface area contributed by atoms with E-state index in [4.69, 9.17) is 14.6 Å². The van der Waals surface area contributed by atoms with Gasteiger partial charge in [-0.05, 0) is 38.5 Å². The number of fused-ring (bicyclic) bond motifs is 1. The minimum absolute atomic E-state index is 0.159. The highest BCUT2D eigenvalue weighted by atomic mass is 31.2. The predicted molar refractivity (Wildman–Crippen MR) is 115 cm³/mol. The highest BCUT2D eigenvalue weighted by Crippen LogP contribution is 2.35. The SMILES string of the molecule is CC(OCC1CCC(n2ncc3c(NC4CCCC4)nc(C#CCO)nc32)O1)P(O)O. The summed E-state index contributed by atoms with van der Waals surface area (Å²) >= 11 is 0. The van der Waals surface area contributed by atoms with Crippen LogP contribution in [0.15, 0.2) is 6.20 Å². The molecule has 4 N–H and O–H groups in total. The molecule has 0 spiro atoms. The summed E-state index contributed by atoms with van der Waals surface area (Å²) in [5, 5.41) is 17.9. The van der Waals surface area contributed by atoms with Crippen molar-refractivity contribution in [1.82, 2.24) is 19.7 Å². The van der Waals surface area contributed by atoms with Crippen LogP contribution in [0.2, 0.25) is 0 Å². The zero-order chi connectivity index (χ0) is 21.8. The molecule has 0 amide bonds. The molecule has 31 heavy (non-hydrogen) atoms. The molecule has 11 heteroatoms. The summed E-state index contributed by atoms with van der Waals surface area (Å²) in [6.45, 7) is 1.65. The molecule has 3 heterocycles. The average Bonchev–Trinajstić information content (AvgIpc) is 3.50. The second-order valence-corrected chi connectivity index (χ2v) is 9.22. The summed E-state index contributed by atoms with van der Waals surface area (Å²) in [6, 6.07) is 0.370. The lowest BCUT2D eigenvalue weighted by Gasteiger charge is -2.18. The van der Waals surface area contributed by atoms with Gasteiger partial charge in [0.2, 0.25) is 5.82 Å². The number of anilines is 1. The Kier molecular flexibility index (Phi) is 7.33. The summed E-state index contributed by atoms with van der Waals surface area (Å²) in [5.41, 5.74) is 0.631. The van der Waals surface area contributed by atoms with E-state index in [0.717, 1.165) is 31.1 Å². The van der Waals surface area contributed by atoms with Crippen molar-refractivity contribution in [3.05, 3.63) is 12.0 Å². The zero-order valence-corrected chi connectivity index (χ0v) is 18.3. The van der Waals surface area contributed by atoms with Gasteiger partial charge < -0.3 is 29.7 Å². The second-order valence-electron chi connectivity index (χ2n) is 7.85. The van der Waals surface area contributed by atoms with Gasteiger partial charge in [-0.15, -0.1) is 0 Å². The number of nitrogens with one attached hydrogen (secondary N) is 1. The number of aliphatic hydroxyl groups excluding tert-OH is 1. The fourth-order valence-corrected chi connectivity index (χ4v) is 4.21. The molecule has 0 bridgehead atoms. The molecule has 3 unspecified atom stereocenters. The number of aliphatic hydroxyl groups is 1. The van der Waals surface area contributed by atoms with Gasteiger partial charge in [0.05, 0.1) is 24.3 Å². The van der Waals surface area contributed by atoms with Crippen LogP contribution in [0.5, 0.6) is 0 Å². The maximum Gasteiger partial charge on any atom is 0.208 e. The number of rotatable bonds is 7. The average molecular weight is 449 g/mol. The third kappa shape index (κ3) is 5.32. The first kappa shape index (κ1) is 22.3. The highest BCUT2D eigenvalue weighted by molar-refractivity contribution is 7.45. The summed E-state index contributed by atoms with van der Waals surface area (Å²) in [6.07, 6.45) is 7.40. The van der Waals surface area contributed by atoms with Gasteiger partial charge in [-0.25, -0.2) is 14.6 Å². The molecular weight excluding hydrogens is 421 g/mol. The molecule has 1 saturated carbocycles. The lowest BCUT2D eigenvalue weighted by molar-refractivity contribution is -0.0489. The minimum atomic E-state index is -2.12. The van der Waals surface area contributed by atoms with E-state index in [1.807, 2.05) is 0 Å². The predicted octanol–water partition coefficient (Wildman–Crippen LogP) is 1.86. The lowest BCUT2D eigenvalue weighted by atomic mass is 10.2. The van der Waals surface area contributed by atoms with Gasteiger partial charge in [-0.3, -0.25) is 0 Å². The van der Waals surface area contributed by atoms with Crippen LogP contribution < -0.4 is 5.32 Å². The van der Waals surface area contributed by atoms with E-state index in [1.54, 1.807) is 17.8 Å². The Morgan fingerprint density at radius 1 is 1.29 bits per heavy atom. The van der Waals surface area contributed by atoms with Crippen LogP contribution in [-0.2, 0) is 9.47 Å². The molecule has 2 fully saturated rings. The van der Waals surface area contributed by atoms with Gasteiger partial charge >= 0.3 is 0 Å². The molecule has 2 aliphatic rings. The van der Waals surface area contributed by atoms with Crippen LogP contribution >= 0.6 is 8.38 Å². The van der Waals surface area contributed by atoms with Crippen LogP contribution in [0.25, 0.3) is 11.0 Å². The Labute approximate surface area is 181 Å². The maximum atomic E-state index is 9.22. The number of aromatic nitrogens is 4. The van der Waals surface area contributed by atoms with Crippen LogP contribution in [0.1, 0.15) is 57.5 Å². The van der Waals surface area contributed by atoms with Gasteiger partial charge in [0.25, 0.3) is 0 Å². The van der Waals surface area contributed by atoms with Crippen molar-refractivity contribution in [1.29, 1.82) is 0 Å². The van der Waals surface area contributed by atoms with Gasteiger partial charge in [-0.2, -0.15) is 5.10 Å². The summed E-state index contributed by atoms with van der Waals surface area (Å²) in [5.74, 6) is 5.83. The van der Waals surface area contributed by atoms with Crippen molar-refractivity contribution in [3.8, 4) is 11.8 Å². The molecule has 10 nitrogen and oxygen atoms in total. The Morgan fingerprint density at radius 3 is 2.84 bits per heavy atom. The molecule has 1 aliphatic heterocycles. The summed E-state index contributed by atoms with van der Waals surface area (Å²) < 4.78 is 13.3. The number of ether oxygens (including phenoxy) is 2. The molecule has 2 aromatic heterocycles. The van der Waals surface area contributed by atoms with E-state index in [2.05, 4.69) is 32.2 Å². The van der Waals surface area contributed by atoms with Crippen LogP contribution in [0.4, 0.5) is 5.82 Å². The molecule has 4 rings (SSSR count). The number of nitrogens with zero attached hydrogens (tertiary/aromatic N) is 4. The molecule has 3 atom stereocenters. The number of hydrogen-bond acceptors (Lipinski definition) is 9. The topological polar surface area (TPSA) is 135 Å². The van der Waals surface area contributed by atoms with Gasteiger partial charge in [0.1, 0.15) is 18.3 Å². The third-order valence-corrected chi connectivity index (χ3v) is 6.43. The molecule has 1 aliphatic carbocycles. The first-order valence-corrected chi connectivity index (χ1v) is 11.9. The van der Waals surface area contributed by atoms with Gasteiger partial charge in [0, 0.05) is 6.04 Å². The molecule has 0 radical (unpaired) electrons. The normalized spacial score (nSPS) is 22.7. The summed E-state index contributed by atoms with van der Waals surface area (Å²) in [4.78, 5) is 27.6. The van der Waals surface area contributed by atoms with Gasteiger partial charge in [0.15, 0.2) is 20.3 Å². The van der Waals surface area contributed by atoms with Crippen molar-refractivity contribution in [3.63, 3.8) is 0 Å². The molecule has 168 valence electrons. The highest BCUT2D eigenvalue weighted by Gasteiger charge is 2.30. The Morgan fingerprint density at radius 2 is 2.10 bits per heavy atom. The van der Waals surface area contributed by atoms with E-state index in [-0.39, 0.29) is 25.5 Å². The Bertz CT molecular complexity index is 953. The van der Waals surface area contributed by atoms with E-state index >= 15 is 0 Å². The largest absolute Gasteiger partial charge is 0.384 e. The maximum absolute atomic E-state index is 9.22. The van der Waals surface area contributed by atoms with Crippen molar-refractivity contribution < 1.29 is 24.4 Å². The Hall–Kier alpha value is -1.86. The third-order valence-electron chi connectivity index (χ3n) is 5.64. The fraction of sp³-hybridized carbons (Fsp3) is 0.650. The standard InChI is InChI=1S/C20H28N5O5P/c1-13(31(27)28)29-12-15-8-9-18(30-15)25-20-16(11-21-25)19(22-14-5-2-3-6-14)23-17(24-20)7-4-10-26/h11,13-15,18,26-28H,2-3,5-6,8-10,12H2,1H3,(H,22,23,24). The van der Waals surface area contributed by atoms with Crippen molar-refractivity contribution in [2.45, 2.75) is 69.7 Å². The van der Waals surface area contributed by atoms with E-state index in [1.165, 1.54) is 12.8 Å². The smallest absolute Gasteiger partial charge is 0.208 e. The first-order valence-electron chi connectivity index (χ1n) is 10.6. The van der Waals surface area contributed by atoms with E-state index in [0.29, 0.717) is 23.3 Å². The van der Waals surface area contributed by atoms with E-state index < -0.39 is 14.2 Å². The monoisotopic (exact) mass is 449 g/mol. The first-order chi connectivity index (χ1) is 15.0. The molecular formula is C20H28N5O5P. The van der Waals surface area contributed by atoms with Crippen molar-refractivity contribution in [2.75, 3.05) is 18.5 Å². The summed E-state index contributed by atoms with van der Waals surface area (Å²) in [7, 11) is -2.12. The second kappa shape index (κ2) is 10.2. The van der Waals surface area contributed by atoms with Crippen LogP contribution in [-0.4, -0.2) is 65.8 Å². The van der Waals surface area contributed by atoms with Gasteiger partial charge in [-0.1, -0.05) is 18.8 Å². The van der Waals surface area contributed by atoms with Crippen molar-refractivity contribution in [2.24, 2.45) is 0 Å². The molecule has 2 aromatic rings. The number of hydrogen-bond donors (Lipinski definition) is 4. The fourth-order valence-electron chi connectivity index (χ4n) is 3.99. The molecule has 0 aromatic carbocycles. The lowest BCUT2D eigenvalue weighted by Crippen LogP contribution is -2.20. The zero-order valence-electron chi connectivity index (χ0n) is 17.4. The van der Waals surface area contributed by atoms with Crippen molar-refractivity contribution >= 4 is 25.2 Å². The Balaban J connectivity index is 1.55. The van der Waals surface area contributed by atoms with Crippen LogP contribution in [0.3, 0.4) is 0 Å². The quantitative estimate of drug-likeness (QED) is 0.369. The minimum Gasteiger partial charge on any atom is -0.384 e. The van der Waals surface area contributed by atoms with E-state index in [9.17, 15) is 9.79 Å². The van der Waals surface area contributed by atoms with Crippen LogP contribution in [0, 0.1) is 11.8 Å². The molecule has 1 saturated heterocycles.